The van der Waals surface area contributed by atoms with Crippen LogP contribution in [0.4, 0.5) is 0 Å². The zero-order valence-electron chi connectivity index (χ0n) is 13.7. The van der Waals surface area contributed by atoms with Gasteiger partial charge >= 0.3 is 0 Å². The van der Waals surface area contributed by atoms with Crippen LogP contribution >= 0.6 is 0 Å². The number of hydrogen-bond donors (Lipinski definition) is 2. The van der Waals surface area contributed by atoms with Crippen molar-refractivity contribution in [2.75, 3.05) is 32.4 Å². The van der Waals surface area contributed by atoms with Gasteiger partial charge in [-0.25, -0.2) is 8.42 Å². The van der Waals surface area contributed by atoms with Gasteiger partial charge in [0.1, 0.15) is 0 Å². The van der Waals surface area contributed by atoms with Crippen molar-refractivity contribution in [3.05, 3.63) is 29.8 Å². The molecule has 0 saturated carbocycles. The molecule has 0 bridgehead atoms. The Morgan fingerprint density at radius 1 is 1.39 bits per heavy atom. The molecule has 1 atom stereocenters. The van der Waals surface area contributed by atoms with Gasteiger partial charge in [-0.1, -0.05) is 12.1 Å². The van der Waals surface area contributed by atoms with Crippen molar-refractivity contribution in [3.8, 4) is 0 Å². The van der Waals surface area contributed by atoms with Crippen LogP contribution in [0.2, 0.25) is 0 Å². The van der Waals surface area contributed by atoms with Crippen molar-refractivity contribution in [3.63, 3.8) is 0 Å². The van der Waals surface area contributed by atoms with Gasteiger partial charge in [0, 0.05) is 32.4 Å². The van der Waals surface area contributed by atoms with E-state index in [9.17, 15) is 13.5 Å². The molecule has 2 rings (SSSR count). The highest BCUT2D eigenvalue weighted by molar-refractivity contribution is 7.90. The Morgan fingerprint density at radius 3 is 2.61 bits per heavy atom. The lowest BCUT2D eigenvalue weighted by Gasteiger charge is -2.20. The normalized spacial score (nSPS) is 19.2. The number of guanidine groups is 1. The van der Waals surface area contributed by atoms with Crippen molar-refractivity contribution in [2.45, 2.75) is 30.8 Å². The van der Waals surface area contributed by atoms with Crippen LogP contribution in [0, 0.1) is 0 Å². The molecule has 0 radical (unpaired) electrons. The van der Waals surface area contributed by atoms with E-state index in [1.807, 2.05) is 19.1 Å². The second-order valence-corrected chi connectivity index (χ2v) is 7.81. The van der Waals surface area contributed by atoms with Gasteiger partial charge in [0.05, 0.1) is 11.0 Å². The fourth-order valence-electron chi connectivity index (χ4n) is 2.55. The Hall–Kier alpha value is -1.60. The third-order valence-electron chi connectivity index (χ3n) is 3.81. The molecule has 23 heavy (non-hydrogen) atoms. The van der Waals surface area contributed by atoms with Crippen LogP contribution in [0.1, 0.15) is 18.9 Å². The van der Waals surface area contributed by atoms with Crippen LogP contribution in [0.3, 0.4) is 0 Å². The summed E-state index contributed by atoms with van der Waals surface area (Å²) in [7, 11) is -3.15. The Kier molecular flexibility index (Phi) is 6.01. The van der Waals surface area contributed by atoms with Crippen molar-refractivity contribution < 1.29 is 13.5 Å². The maximum Gasteiger partial charge on any atom is 0.194 e. The summed E-state index contributed by atoms with van der Waals surface area (Å²) >= 11 is 0. The lowest BCUT2D eigenvalue weighted by atomic mass is 10.1. The molecule has 1 saturated heterocycles. The molecule has 1 aromatic rings. The number of aliphatic hydroxyl groups is 1. The highest BCUT2D eigenvalue weighted by atomic mass is 32.2. The molecule has 7 heteroatoms. The molecular weight excluding hydrogens is 314 g/mol. The lowest BCUT2D eigenvalue weighted by molar-refractivity contribution is 0.188. The van der Waals surface area contributed by atoms with Gasteiger partial charge < -0.3 is 15.3 Å². The molecule has 0 aliphatic carbocycles. The number of nitrogens with zero attached hydrogens (tertiary/aromatic N) is 2. The topological polar surface area (TPSA) is 82.0 Å². The summed E-state index contributed by atoms with van der Waals surface area (Å²) in [5, 5.41) is 12.9. The van der Waals surface area contributed by atoms with E-state index < -0.39 is 9.84 Å². The quantitative estimate of drug-likeness (QED) is 0.608. The van der Waals surface area contributed by atoms with Crippen molar-refractivity contribution in [1.82, 2.24) is 10.2 Å². The predicted molar refractivity (Wildman–Crippen MR) is 91.4 cm³/mol. The molecule has 1 fully saturated rings. The van der Waals surface area contributed by atoms with E-state index in [-0.39, 0.29) is 6.10 Å². The van der Waals surface area contributed by atoms with Crippen LogP contribution in [-0.4, -0.2) is 62.9 Å². The van der Waals surface area contributed by atoms with Crippen LogP contribution in [0.25, 0.3) is 0 Å². The minimum atomic E-state index is -3.15. The highest BCUT2D eigenvalue weighted by Gasteiger charge is 2.22. The number of sulfone groups is 1. The average Bonchev–Trinajstić information content (AvgIpc) is 2.92. The first-order valence-electron chi connectivity index (χ1n) is 7.90. The van der Waals surface area contributed by atoms with E-state index in [0.29, 0.717) is 18.0 Å². The summed E-state index contributed by atoms with van der Waals surface area (Å²) in [6.45, 7) is 4.86. The van der Waals surface area contributed by atoms with Gasteiger partial charge in [-0.2, -0.15) is 0 Å². The molecular formula is C16H25N3O3S. The molecule has 0 amide bonds. The van der Waals surface area contributed by atoms with Crippen LogP contribution in [0.15, 0.2) is 34.2 Å². The fourth-order valence-corrected chi connectivity index (χ4v) is 3.18. The number of aliphatic hydroxyl groups excluding tert-OH is 1. The lowest BCUT2D eigenvalue weighted by Crippen LogP contribution is -2.40. The number of likely N-dealkylation sites (tertiary alicyclic amines) is 1. The number of hydrogen-bond acceptors (Lipinski definition) is 4. The van der Waals surface area contributed by atoms with E-state index >= 15 is 0 Å². The molecule has 1 aliphatic rings. The molecule has 0 spiro atoms. The predicted octanol–water partition coefficient (Wildman–Crippen LogP) is 0.665. The van der Waals surface area contributed by atoms with E-state index in [1.54, 1.807) is 12.1 Å². The standard InChI is InChI=1S/C16H25N3O3S/c1-3-17-16(19-11-9-14(20)12-19)18-10-8-13-4-6-15(7-5-13)23(2,21)22/h4-7,14,20H,3,8-12H2,1-2H3,(H,17,18)/t14-/m1/s1. The van der Waals surface area contributed by atoms with Gasteiger partial charge in [0.2, 0.25) is 0 Å². The van der Waals surface area contributed by atoms with Gasteiger partial charge in [0.15, 0.2) is 15.8 Å². The number of rotatable bonds is 5. The first-order valence-corrected chi connectivity index (χ1v) is 9.79. The monoisotopic (exact) mass is 339 g/mol. The molecule has 6 nitrogen and oxygen atoms in total. The zero-order valence-corrected chi connectivity index (χ0v) is 14.5. The van der Waals surface area contributed by atoms with Gasteiger partial charge in [-0.05, 0) is 37.5 Å². The molecule has 128 valence electrons. The first kappa shape index (κ1) is 17.7. The van der Waals surface area contributed by atoms with Gasteiger partial charge in [-0.3, -0.25) is 4.99 Å². The highest BCUT2D eigenvalue weighted by Crippen LogP contribution is 2.11. The molecule has 0 aromatic heterocycles. The first-order chi connectivity index (χ1) is 10.9. The molecule has 1 aliphatic heterocycles. The van der Waals surface area contributed by atoms with Crippen molar-refractivity contribution in [1.29, 1.82) is 0 Å². The molecule has 2 N–H and O–H groups in total. The summed E-state index contributed by atoms with van der Waals surface area (Å²) in [6.07, 6.45) is 2.45. The summed E-state index contributed by atoms with van der Waals surface area (Å²) in [5.41, 5.74) is 1.05. The van der Waals surface area contributed by atoms with Crippen LogP contribution in [-0.2, 0) is 16.3 Å². The Bertz CT molecular complexity index is 641. The Balaban J connectivity index is 1.95. The third-order valence-corrected chi connectivity index (χ3v) is 4.94. The van der Waals surface area contributed by atoms with E-state index in [4.69, 9.17) is 0 Å². The largest absolute Gasteiger partial charge is 0.391 e. The average molecular weight is 339 g/mol. The van der Waals surface area contributed by atoms with E-state index in [1.165, 1.54) is 6.26 Å². The number of nitrogens with one attached hydrogen (secondary N) is 1. The van der Waals surface area contributed by atoms with E-state index in [0.717, 1.165) is 37.5 Å². The van der Waals surface area contributed by atoms with Crippen molar-refractivity contribution >= 4 is 15.8 Å². The second-order valence-electron chi connectivity index (χ2n) is 5.79. The minimum absolute atomic E-state index is 0.276. The summed E-state index contributed by atoms with van der Waals surface area (Å²) in [5.74, 6) is 0.830. The van der Waals surface area contributed by atoms with Gasteiger partial charge in [-0.15, -0.1) is 0 Å². The molecule has 1 heterocycles. The van der Waals surface area contributed by atoms with Gasteiger partial charge in [0.25, 0.3) is 0 Å². The fraction of sp³-hybridized carbons (Fsp3) is 0.562. The number of aliphatic imine (C=N–C) groups is 1. The van der Waals surface area contributed by atoms with Crippen molar-refractivity contribution in [2.24, 2.45) is 4.99 Å². The Labute approximate surface area is 138 Å². The zero-order chi connectivity index (χ0) is 16.9. The second kappa shape index (κ2) is 7.79. The maximum atomic E-state index is 11.4. The molecule has 0 unspecified atom stereocenters. The minimum Gasteiger partial charge on any atom is -0.391 e. The SMILES string of the molecule is CCNC(=NCCc1ccc(S(C)(=O)=O)cc1)N1CC[C@@H](O)C1. The smallest absolute Gasteiger partial charge is 0.194 e. The summed E-state index contributed by atoms with van der Waals surface area (Å²) in [6, 6.07) is 6.93. The summed E-state index contributed by atoms with van der Waals surface area (Å²) < 4.78 is 22.9. The summed E-state index contributed by atoms with van der Waals surface area (Å²) in [4.78, 5) is 7.01. The van der Waals surface area contributed by atoms with Crippen LogP contribution < -0.4 is 5.32 Å². The number of β-amino-alcohol motifs (C(OH)–C–C–N with tert-alkyl or cyclic N) is 1. The third kappa shape index (κ3) is 5.21. The number of benzene rings is 1. The van der Waals surface area contributed by atoms with E-state index in [2.05, 4.69) is 15.2 Å². The molecule has 1 aromatic carbocycles. The maximum absolute atomic E-state index is 11.4. The Morgan fingerprint density at radius 2 is 2.09 bits per heavy atom. The van der Waals surface area contributed by atoms with Crippen LogP contribution in [0.5, 0.6) is 0 Å².